The smallest absolute Gasteiger partial charge is 0.214 e. The molecule has 0 saturated carbocycles. The summed E-state index contributed by atoms with van der Waals surface area (Å²) >= 11 is 0. The van der Waals surface area contributed by atoms with Gasteiger partial charge in [-0.05, 0) is 49.9 Å². The molecule has 5 nitrogen and oxygen atoms in total. The molecule has 25 heavy (non-hydrogen) atoms. The third-order valence-corrected chi connectivity index (χ3v) is 7.28. The van der Waals surface area contributed by atoms with E-state index in [1.165, 1.54) is 30.6 Å². The molecule has 2 heterocycles. The molecule has 0 amide bonds. The van der Waals surface area contributed by atoms with Crippen molar-refractivity contribution in [1.29, 1.82) is 0 Å². The Labute approximate surface area is 152 Å². The predicted octanol–water partition coefficient (Wildman–Crippen LogP) is 2.93. The molecule has 0 unspecified atom stereocenters. The molecule has 3 rings (SSSR count). The molecule has 2 saturated heterocycles. The summed E-state index contributed by atoms with van der Waals surface area (Å²) < 4.78 is 26.3. The molecule has 2 fully saturated rings. The van der Waals surface area contributed by atoms with E-state index in [2.05, 4.69) is 34.1 Å². The SMILES string of the molecule is CCCCS(=O)(=O)N1CCN(c2ccc(N3CCCCC3)cc2)CC1. The van der Waals surface area contributed by atoms with E-state index in [1.807, 2.05) is 6.92 Å². The van der Waals surface area contributed by atoms with E-state index in [0.717, 1.165) is 39.0 Å². The van der Waals surface area contributed by atoms with E-state index in [4.69, 9.17) is 0 Å². The summed E-state index contributed by atoms with van der Waals surface area (Å²) in [5.41, 5.74) is 2.51. The van der Waals surface area contributed by atoms with Gasteiger partial charge in [-0.3, -0.25) is 0 Å². The number of piperidine rings is 1. The fourth-order valence-corrected chi connectivity index (χ4v) is 5.34. The van der Waals surface area contributed by atoms with Crippen molar-refractivity contribution in [2.75, 3.05) is 54.8 Å². The van der Waals surface area contributed by atoms with E-state index < -0.39 is 10.0 Å². The lowest BCUT2D eigenvalue weighted by Gasteiger charge is -2.36. The Morgan fingerprint density at radius 2 is 1.32 bits per heavy atom. The van der Waals surface area contributed by atoms with Crippen LogP contribution in [0.4, 0.5) is 11.4 Å². The molecular formula is C19H31N3O2S. The Morgan fingerprint density at radius 1 is 0.800 bits per heavy atom. The zero-order valence-electron chi connectivity index (χ0n) is 15.4. The number of sulfonamides is 1. The topological polar surface area (TPSA) is 43.9 Å². The molecule has 1 aromatic rings. The number of hydrogen-bond acceptors (Lipinski definition) is 4. The standard InChI is InChI=1S/C19H31N3O2S/c1-2-3-17-25(23,24)22-15-13-21(14-16-22)19-9-7-18(8-10-19)20-11-5-4-6-12-20/h7-10H,2-6,11-17H2,1H3. The molecular weight excluding hydrogens is 334 g/mol. The third kappa shape index (κ3) is 4.67. The van der Waals surface area contributed by atoms with Gasteiger partial charge in [-0.15, -0.1) is 0 Å². The molecule has 0 bridgehead atoms. The monoisotopic (exact) mass is 365 g/mol. The number of piperazine rings is 1. The van der Waals surface area contributed by atoms with Gasteiger partial charge in [0.1, 0.15) is 0 Å². The van der Waals surface area contributed by atoms with Gasteiger partial charge in [0.2, 0.25) is 10.0 Å². The molecule has 0 aromatic heterocycles. The summed E-state index contributed by atoms with van der Waals surface area (Å²) in [5, 5.41) is 0. The first-order valence-electron chi connectivity index (χ1n) is 9.68. The number of hydrogen-bond donors (Lipinski definition) is 0. The molecule has 0 N–H and O–H groups in total. The lowest BCUT2D eigenvalue weighted by molar-refractivity contribution is 0.384. The van der Waals surface area contributed by atoms with Gasteiger partial charge >= 0.3 is 0 Å². The molecule has 0 atom stereocenters. The van der Waals surface area contributed by atoms with Crippen LogP contribution in [0.1, 0.15) is 39.0 Å². The van der Waals surface area contributed by atoms with Crippen LogP contribution < -0.4 is 9.80 Å². The van der Waals surface area contributed by atoms with E-state index >= 15 is 0 Å². The van der Waals surface area contributed by atoms with Gasteiger partial charge in [0.25, 0.3) is 0 Å². The second-order valence-electron chi connectivity index (χ2n) is 7.12. The fraction of sp³-hybridized carbons (Fsp3) is 0.684. The van der Waals surface area contributed by atoms with E-state index in [1.54, 1.807) is 4.31 Å². The van der Waals surface area contributed by atoms with Crippen LogP contribution in [0.3, 0.4) is 0 Å². The molecule has 0 aliphatic carbocycles. The highest BCUT2D eigenvalue weighted by molar-refractivity contribution is 7.89. The van der Waals surface area contributed by atoms with Gasteiger partial charge in [0.15, 0.2) is 0 Å². The first-order chi connectivity index (χ1) is 12.1. The summed E-state index contributed by atoms with van der Waals surface area (Å²) in [6.45, 7) is 7.09. The lowest BCUT2D eigenvalue weighted by atomic mass is 10.1. The normalized spacial score (nSPS) is 20.0. The van der Waals surface area contributed by atoms with Gasteiger partial charge in [-0.25, -0.2) is 8.42 Å². The minimum Gasteiger partial charge on any atom is -0.372 e. The van der Waals surface area contributed by atoms with Crippen molar-refractivity contribution in [2.24, 2.45) is 0 Å². The van der Waals surface area contributed by atoms with Gasteiger partial charge in [-0.2, -0.15) is 4.31 Å². The zero-order chi connectivity index (χ0) is 17.7. The van der Waals surface area contributed by atoms with Crippen LogP contribution in [0.25, 0.3) is 0 Å². The van der Waals surface area contributed by atoms with Crippen molar-refractivity contribution in [3.63, 3.8) is 0 Å². The van der Waals surface area contributed by atoms with Crippen molar-refractivity contribution in [3.8, 4) is 0 Å². The average molecular weight is 366 g/mol. The van der Waals surface area contributed by atoms with Gasteiger partial charge in [0.05, 0.1) is 5.75 Å². The summed E-state index contributed by atoms with van der Waals surface area (Å²) in [5.74, 6) is 0.286. The second kappa shape index (κ2) is 8.41. The number of anilines is 2. The van der Waals surface area contributed by atoms with E-state index in [0.29, 0.717) is 13.1 Å². The maximum atomic E-state index is 12.3. The molecule has 0 spiro atoms. The Hall–Kier alpha value is -1.27. The average Bonchev–Trinajstić information content (AvgIpc) is 2.67. The van der Waals surface area contributed by atoms with E-state index in [9.17, 15) is 8.42 Å². The minimum atomic E-state index is -3.07. The van der Waals surface area contributed by atoms with Crippen molar-refractivity contribution in [1.82, 2.24) is 4.31 Å². The Kier molecular flexibility index (Phi) is 6.23. The largest absolute Gasteiger partial charge is 0.372 e. The number of unbranched alkanes of at least 4 members (excludes halogenated alkanes) is 1. The Morgan fingerprint density at radius 3 is 1.84 bits per heavy atom. The minimum absolute atomic E-state index is 0.286. The van der Waals surface area contributed by atoms with Crippen LogP contribution in [0, 0.1) is 0 Å². The lowest BCUT2D eigenvalue weighted by Crippen LogP contribution is -2.49. The van der Waals surface area contributed by atoms with Crippen LogP contribution in [0.15, 0.2) is 24.3 Å². The molecule has 140 valence electrons. The first-order valence-corrected chi connectivity index (χ1v) is 11.3. The highest BCUT2D eigenvalue weighted by Crippen LogP contribution is 2.24. The first kappa shape index (κ1) is 18.5. The van der Waals surface area contributed by atoms with Crippen LogP contribution in [0.2, 0.25) is 0 Å². The van der Waals surface area contributed by atoms with Crippen molar-refractivity contribution in [2.45, 2.75) is 39.0 Å². The van der Waals surface area contributed by atoms with Gasteiger partial charge in [-0.1, -0.05) is 13.3 Å². The second-order valence-corrected chi connectivity index (χ2v) is 9.21. The predicted molar refractivity (Wildman–Crippen MR) is 105 cm³/mol. The molecule has 1 aromatic carbocycles. The summed E-state index contributed by atoms with van der Waals surface area (Å²) in [6.07, 6.45) is 5.59. The molecule has 2 aliphatic rings. The summed E-state index contributed by atoms with van der Waals surface area (Å²) in [7, 11) is -3.07. The van der Waals surface area contributed by atoms with Crippen molar-refractivity contribution >= 4 is 21.4 Å². The van der Waals surface area contributed by atoms with Gasteiger partial charge in [0, 0.05) is 50.6 Å². The highest BCUT2D eigenvalue weighted by atomic mass is 32.2. The fourth-order valence-electron chi connectivity index (χ4n) is 3.71. The summed E-state index contributed by atoms with van der Waals surface area (Å²) in [4.78, 5) is 4.76. The Bertz CT molecular complexity index is 631. The van der Waals surface area contributed by atoms with Crippen LogP contribution in [-0.4, -0.2) is 57.7 Å². The Balaban J connectivity index is 1.56. The highest BCUT2D eigenvalue weighted by Gasteiger charge is 2.26. The maximum Gasteiger partial charge on any atom is 0.214 e. The third-order valence-electron chi connectivity index (χ3n) is 5.32. The summed E-state index contributed by atoms with van der Waals surface area (Å²) in [6, 6.07) is 8.80. The van der Waals surface area contributed by atoms with Crippen LogP contribution in [0.5, 0.6) is 0 Å². The number of benzene rings is 1. The van der Waals surface area contributed by atoms with Crippen LogP contribution >= 0.6 is 0 Å². The maximum absolute atomic E-state index is 12.3. The quantitative estimate of drug-likeness (QED) is 0.777. The molecule has 6 heteroatoms. The molecule has 0 radical (unpaired) electrons. The van der Waals surface area contributed by atoms with Gasteiger partial charge < -0.3 is 9.80 Å². The van der Waals surface area contributed by atoms with Crippen molar-refractivity contribution in [3.05, 3.63) is 24.3 Å². The number of rotatable bonds is 6. The van der Waals surface area contributed by atoms with Crippen molar-refractivity contribution < 1.29 is 8.42 Å². The van der Waals surface area contributed by atoms with E-state index in [-0.39, 0.29) is 5.75 Å². The number of nitrogens with zero attached hydrogens (tertiary/aromatic N) is 3. The molecule has 2 aliphatic heterocycles. The van der Waals surface area contributed by atoms with Crippen LogP contribution in [-0.2, 0) is 10.0 Å². The zero-order valence-corrected chi connectivity index (χ0v) is 16.2.